The molecule has 0 unspecified atom stereocenters. The summed E-state index contributed by atoms with van der Waals surface area (Å²) in [6.07, 6.45) is 2.91. The van der Waals surface area contributed by atoms with Crippen molar-refractivity contribution in [3.8, 4) is 12.1 Å². The van der Waals surface area contributed by atoms with Crippen molar-refractivity contribution >= 4 is 5.91 Å². The molecule has 0 bridgehead atoms. The van der Waals surface area contributed by atoms with Crippen LogP contribution in [-0.4, -0.2) is 36.5 Å². The third kappa shape index (κ3) is 3.23. The van der Waals surface area contributed by atoms with Crippen molar-refractivity contribution in [3.63, 3.8) is 0 Å². The van der Waals surface area contributed by atoms with Crippen LogP contribution in [0, 0.1) is 22.7 Å². The van der Waals surface area contributed by atoms with Crippen LogP contribution in [-0.2, 0) is 4.79 Å². The fourth-order valence-electron chi connectivity index (χ4n) is 1.67. The van der Waals surface area contributed by atoms with Gasteiger partial charge in [0, 0.05) is 0 Å². The molecule has 0 aliphatic carbocycles. The molecule has 0 radical (unpaired) electrons. The Morgan fingerprint density at radius 1 is 1.33 bits per heavy atom. The van der Waals surface area contributed by atoms with E-state index in [2.05, 4.69) is 5.32 Å². The number of hydrogen-bond donors (Lipinski definition) is 1. The van der Waals surface area contributed by atoms with Gasteiger partial charge in [-0.25, -0.2) is 0 Å². The zero-order chi connectivity index (χ0) is 11.1. The number of piperidine rings is 1. The minimum absolute atomic E-state index is 0.00935. The van der Waals surface area contributed by atoms with Crippen molar-refractivity contribution in [1.29, 1.82) is 10.5 Å². The summed E-state index contributed by atoms with van der Waals surface area (Å²) in [5.74, 6) is -0.127. The van der Waals surface area contributed by atoms with Crippen molar-refractivity contribution < 1.29 is 4.79 Å². The third-order valence-electron chi connectivity index (χ3n) is 2.44. The fourth-order valence-corrected chi connectivity index (χ4v) is 1.67. The van der Waals surface area contributed by atoms with E-state index in [0.717, 1.165) is 25.8 Å². The Labute approximate surface area is 89.3 Å². The summed E-state index contributed by atoms with van der Waals surface area (Å²) in [4.78, 5) is 13.1. The lowest BCUT2D eigenvalue weighted by atomic mass is 10.0. The highest BCUT2D eigenvalue weighted by Crippen LogP contribution is 2.09. The van der Waals surface area contributed by atoms with Gasteiger partial charge in [-0.05, 0) is 19.4 Å². The lowest BCUT2D eigenvalue weighted by molar-refractivity contribution is -0.132. The maximum atomic E-state index is 11.8. The molecule has 0 aromatic carbocycles. The van der Waals surface area contributed by atoms with Crippen LogP contribution in [0.5, 0.6) is 0 Å². The minimum Gasteiger partial charge on any atom is -0.315 e. The van der Waals surface area contributed by atoms with E-state index in [4.69, 9.17) is 10.5 Å². The van der Waals surface area contributed by atoms with Crippen LogP contribution >= 0.6 is 0 Å². The van der Waals surface area contributed by atoms with Gasteiger partial charge in [-0.2, -0.15) is 10.5 Å². The number of nitriles is 2. The first-order chi connectivity index (χ1) is 7.29. The molecule has 1 aliphatic rings. The summed E-state index contributed by atoms with van der Waals surface area (Å²) in [7, 11) is 0. The molecular formula is C10H14N4O. The normalized spacial score (nSPS) is 20.0. The molecule has 1 rings (SSSR count). The molecule has 0 aromatic rings. The third-order valence-corrected chi connectivity index (χ3v) is 2.44. The molecule has 1 aliphatic heterocycles. The van der Waals surface area contributed by atoms with Gasteiger partial charge in [0.05, 0.1) is 18.2 Å². The van der Waals surface area contributed by atoms with Crippen molar-refractivity contribution in [3.05, 3.63) is 0 Å². The average Bonchev–Trinajstić information content (AvgIpc) is 2.29. The highest BCUT2D eigenvalue weighted by atomic mass is 16.2. The van der Waals surface area contributed by atoms with Crippen LogP contribution in [0.3, 0.4) is 0 Å². The molecule has 1 amide bonds. The molecule has 5 nitrogen and oxygen atoms in total. The van der Waals surface area contributed by atoms with Crippen LogP contribution in [0.4, 0.5) is 0 Å². The molecule has 1 heterocycles. The van der Waals surface area contributed by atoms with E-state index >= 15 is 0 Å². The number of hydrogen-bond acceptors (Lipinski definition) is 4. The van der Waals surface area contributed by atoms with Gasteiger partial charge in [-0.1, -0.05) is 6.42 Å². The molecule has 0 saturated carbocycles. The van der Waals surface area contributed by atoms with Crippen LogP contribution in [0.2, 0.25) is 0 Å². The highest BCUT2D eigenvalue weighted by molar-refractivity contribution is 5.82. The number of nitrogens with one attached hydrogen (secondary N) is 1. The summed E-state index contributed by atoms with van der Waals surface area (Å²) in [6.45, 7) is 0.818. The van der Waals surface area contributed by atoms with Crippen molar-refractivity contribution in [2.75, 3.05) is 19.6 Å². The summed E-state index contributed by atoms with van der Waals surface area (Å²) in [6, 6.07) is 3.59. The summed E-state index contributed by atoms with van der Waals surface area (Å²) in [5.41, 5.74) is 0. The number of carbonyl (C=O) groups excluding carboxylic acids is 1. The molecule has 1 N–H and O–H groups in total. The first-order valence-electron chi connectivity index (χ1n) is 5.05. The number of nitrogens with zero attached hydrogens (tertiary/aromatic N) is 3. The Balaban J connectivity index is 2.54. The standard InChI is InChI=1S/C10H14N4O/c11-4-7-14(8-5-12)10(15)9-3-1-2-6-13-9/h9,13H,1-3,6-8H2/t9-/m1/s1. The number of rotatable bonds is 3. The predicted molar refractivity (Wildman–Crippen MR) is 53.4 cm³/mol. The van der Waals surface area contributed by atoms with E-state index in [9.17, 15) is 4.79 Å². The van der Waals surface area contributed by atoms with E-state index in [-0.39, 0.29) is 25.0 Å². The summed E-state index contributed by atoms with van der Waals surface area (Å²) in [5, 5.41) is 20.2. The summed E-state index contributed by atoms with van der Waals surface area (Å²) >= 11 is 0. The van der Waals surface area contributed by atoms with Crippen LogP contribution in [0.15, 0.2) is 0 Å². The molecule has 0 spiro atoms. The van der Waals surface area contributed by atoms with Crippen molar-refractivity contribution in [2.24, 2.45) is 0 Å². The molecule has 80 valence electrons. The SMILES string of the molecule is N#CCN(CC#N)C(=O)[C@H]1CCCCN1. The van der Waals surface area contributed by atoms with E-state index < -0.39 is 0 Å². The van der Waals surface area contributed by atoms with Crippen LogP contribution in [0.1, 0.15) is 19.3 Å². The van der Waals surface area contributed by atoms with Crippen molar-refractivity contribution in [2.45, 2.75) is 25.3 Å². The van der Waals surface area contributed by atoms with E-state index in [0.29, 0.717) is 0 Å². The fraction of sp³-hybridized carbons (Fsp3) is 0.700. The Morgan fingerprint density at radius 3 is 2.47 bits per heavy atom. The molecule has 1 fully saturated rings. The number of carbonyl (C=O) groups is 1. The Morgan fingerprint density at radius 2 is 2.00 bits per heavy atom. The summed E-state index contributed by atoms with van der Waals surface area (Å²) < 4.78 is 0. The monoisotopic (exact) mass is 206 g/mol. The van der Waals surface area contributed by atoms with Gasteiger partial charge < -0.3 is 10.2 Å². The second kappa shape index (κ2) is 6.00. The van der Waals surface area contributed by atoms with Gasteiger partial charge in [0.25, 0.3) is 0 Å². The predicted octanol–water partition coefficient (Wildman–Crippen LogP) is 0.00426. The van der Waals surface area contributed by atoms with Gasteiger partial charge >= 0.3 is 0 Å². The zero-order valence-corrected chi connectivity index (χ0v) is 8.57. The molecular weight excluding hydrogens is 192 g/mol. The van der Waals surface area contributed by atoms with Crippen LogP contribution < -0.4 is 5.32 Å². The number of amides is 1. The maximum Gasteiger partial charge on any atom is 0.241 e. The topological polar surface area (TPSA) is 79.9 Å². The molecule has 15 heavy (non-hydrogen) atoms. The van der Waals surface area contributed by atoms with E-state index in [1.165, 1.54) is 4.90 Å². The second-order valence-corrected chi connectivity index (χ2v) is 3.51. The van der Waals surface area contributed by atoms with Crippen LogP contribution in [0.25, 0.3) is 0 Å². The first kappa shape index (κ1) is 11.5. The zero-order valence-electron chi connectivity index (χ0n) is 8.57. The molecule has 0 aromatic heterocycles. The van der Waals surface area contributed by atoms with E-state index in [1.54, 1.807) is 0 Å². The molecule has 5 heteroatoms. The van der Waals surface area contributed by atoms with Crippen molar-refractivity contribution in [1.82, 2.24) is 10.2 Å². The van der Waals surface area contributed by atoms with Gasteiger partial charge in [-0.15, -0.1) is 0 Å². The van der Waals surface area contributed by atoms with Gasteiger partial charge in [-0.3, -0.25) is 4.79 Å². The Hall–Kier alpha value is -1.59. The lowest BCUT2D eigenvalue weighted by Crippen LogP contribution is -2.48. The van der Waals surface area contributed by atoms with Gasteiger partial charge in [0.2, 0.25) is 5.91 Å². The molecule has 1 saturated heterocycles. The smallest absolute Gasteiger partial charge is 0.241 e. The lowest BCUT2D eigenvalue weighted by Gasteiger charge is -2.27. The Kier molecular flexibility index (Phi) is 4.59. The maximum absolute atomic E-state index is 11.8. The minimum atomic E-state index is -0.208. The first-order valence-corrected chi connectivity index (χ1v) is 5.05. The molecule has 1 atom stereocenters. The second-order valence-electron chi connectivity index (χ2n) is 3.51. The quantitative estimate of drug-likeness (QED) is 0.659. The highest BCUT2D eigenvalue weighted by Gasteiger charge is 2.25. The largest absolute Gasteiger partial charge is 0.315 e. The van der Waals surface area contributed by atoms with Gasteiger partial charge in [0.15, 0.2) is 0 Å². The Bertz CT molecular complexity index is 280. The van der Waals surface area contributed by atoms with E-state index in [1.807, 2.05) is 12.1 Å². The average molecular weight is 206 g/mol. The van der Waals surface area contributed by atoms with Gasteiger partial charge in [0.1, 0.15) is 13.1 Å².